The smallest absolute Gasteiger partial charge is 0.132 e. The molecule has 0 fully saturated rings. The molecule has 0 amide bonds. The van der Waals surface area contributed by atoms with Gasteiger partial charge in [-0.25, -0.2) is 4.39 Å². The van der Waals surface area contributed by atoms with Gasteiger partial charge in [0.25, 0.3) is 0 Å². The Balaban J connectivity index is 2.57. The van der Waals surface area contributed by atoms with E-state index in [-0.39, 0.29) is 5.71 Å². The lowest BCUT2D eigenvalue weighted by Crippen LogP contribution is -2.11. The van der Waals surface area contributed by atoms with Crippen molar-refractivity contribution in [3.05, 3.63) is 59.7 Å². The largest absolute Gasteiger partial charge is 0.398 e. The van der Waals surface area contributed by atoms with E-state index in [1.807, 2.05) is 0 Å². The van der Waals surface area contributed by atoms with Crippen LogP contribution in [0.1, 0.15) is 11.1 Å². The van der Waals surface area contributed by atoms with Gasteiger partial charge in [-0.3, -0.25) is 4.98 Å². The fraction of sp³-hybridized carbons (Fsp3) is 0. The van der Waals surface area contributed by atoms with E-state index < -0.39 is 5.82 Å². The number of hydrogen-bond acceptors (Lipinski definition) is 4. The molecule has 0 spiro atoms. The van der Waals surface area contributed by atoms with Crippen LogP contribution in [0.25, 0.3) is 0 Å². The third-order valence-corrected chi connectivity index (χ3v) is 2.37. The molecule has 4 N–H and O–H groups in total. The standard InChI is InChI=1S/C12H11FN4/c13-10-4-2-1-3-8(10)12(17-15)9-7-16-6-5-11(9)14/h1-7H,15H2,(H2,14,16)/b17-12-. The molecule has 0 saturated heterocycles. The summed E-state index contributed by atoms with van der Waals surface area (Å²) in [4.78, 5) is 3.93. The number of halogens is 1. The van der Waals surface area contributed by atoms with E-state index in [0.29, 0.717) is 16.8 Å². The van der Waals surface area contributed by atoms with E-state index in [2.05, 4.69) is 10.1 Å². The maximum absolute atomic E-state index is 13.6. The van der Waals surface area contributed by atoms with Crippen molar-refractivity contribution >= 4 is 11.4 Å². The second-order valence-corrected chi connectivity index (χ2v) is 3.42. The van der Waals surface area contributed by atoms with Gasteiger partial charge in [0.2, 0.25) is 0 Å². The van der Waals surface area contributed by atoms with Gasteiger partial charge in [-0.2, -0.15) is 5.10 Å². The lowest BCUT2D eigenvalue weighted by molar-refractivity contribution is 0.625. The molecule has 86 valence electrons. The number of rotatable bonds is 2. The highest BCUT2D eigenvalue weighted by atomic mass is 19.1. The number of anilines is 1. The normalized spacial score (nSPS) is 11.5. The molecule has 0 atom stereocenters. The van der Waals surface area contributed by atoms with Crippen molar-refractivity contribution in [3.8, 4) is 0 Å². The maximum atomic E-state index is 13.6. The Kier molecular flexibility index (Phi) is 3.00. The Morgan fingerprint density at radius 2 is 1.94 bits per heavy atom. The van der Waals surface area contributed by atoms with Gasteiger partial charge in [0.15, 0.2) is 0 Å². The van der Waals surface area contributed by atoms with Gasteiger partial charge < -0.3 is 11.6 Å². The molecule has 0 aliphatic heterocycles. The summed E-state index contributed by atoms with van der Waals surface area (Å²) in [5.41, 5.74) is 7.34. The molecule has 1 heterocycles. The van der Waals surface area contributed by atoms with Crippen molar-refractivity contribution in [2.75, 3.05) is 5.73 Å². The Morgan fingerprint density at radius 1 is 1.18 bits per heavy atom. The van der Waals surface area contributed by atoms with E-state index in [9.17, 15) is 4.39 Å². The summed E-state index contributed by atoms with van der Waals surface area (Å²) in [7, 11) is 0. The second-order valence-electron chi connectivity index (χ2n) is 3.42. The van der Waals surface area contributed by atoms with Crippen molar-refractivity contribution in [2.24, 2.45) is 10.9 Å². The van der Waals surface area contributed by atoms with Gasteiger partial charge in [-0.05, 0) is 18.2 Å². The molecule has 0 aliphatic rings. The number of nitrogens with two attached hydrogens (primary N) is 2. The van der Waals surface area contributed by atoms with Crippen LogP contribution in [0.2, 0.25) is 0 Å². The van der Waals surface area contributed by atoms with Crippen molar-refractivity contribution in [1.29, 1.82) is 0 Å². The number of nitrogen functional groups attached to an aromatic ring is 1. The SMILES string of the molecule is N/N=C(\c1cnccc1N)c1ccccc1F. The molecule has 0 saturated carbocycles. The number of benzene rings is 1. The van der Waals surface area contributed by atoms with Gasteiger partial charge in [0, 0.05) is 29.2 Å². The number of aromatic nitrogens is 1. The van der Waals surface area contributed by atoms with E-state index in [1.165, 1.54) is 12.3 Å². The number of pyridine rings is 1. The summed E-state index contributed by atoms with van der Waals surface area (Å²) >= 11 is 0. The average Bonchev–Trinajstić information content (AvgIpc) is 2.34. The lowest BCUT2D eigenvalue weighted by Gasteiger charge is -2.08. The van der Waals surface area contributed by atoms with Crippen molar-refractivity contribution in [1.82, 2.24) is 4.98 Å². The molecule has 0 aliphatic carbocycles. The fourth-order valence-corrected chi connectivity index (χ4v) is 1.54. The van der Waals surface area contributed by atoms with Gasteiger partial charge in [0.05, 0.1) is 0 Å². The Hall–Kier alpha value is -2.43. The first-order valence-electron chi connectivity index (χ1n) is 4.96. The molecule has 4 nitrogen and oxygen atoms in total. The molecular formula is C12H11FN4. The first-order chi connectivity index (χ1) is 8.24. The number of nitrogens with zero attached hydrogens (tertiary/aromatic N) is 2. The van der Waals surface area contributed by atoms with Crippen LogP contribution in [0.5, 0.6) is 0 Å². The average molecular weight is 230 g/mol. The van der Waals surface area contributed by atoms with Crippen LogP contribution in [0, 0.1) is 5.82 Å². The van der Waals surface area contributed by atoms with Gasteiger partial charge >= 0.3 is 0 Å². The minimum atomic E-state index is -0.403. The zero-order chi connectivity index (χ0) is 12.3. The minimum absolute atomic E-state index is 0.286. The van der Waals surface area contributed by atoms with Crippen LogP contribution in [0.4, 0.5) is 10.1 Å². The van der Waals surface area contributed by atoms with Gasteiger partial charge in [-0.1, -0.05) is 12.1 Å². The van der Waals surface area contributed by atoms with Crippen LogP contribution in [0.15, 0.2) is 47.8 Å². The van der Waals surface area contributed by atoms with Crippen LogP contribution < -0.4 is 11.6 Å². The number of hydrazone groups is 1. The molecule has 2 aromatic rings. The summed E-state index contributed by atoms with van der Waals surface area (Å²) in [5.74, 6) is 4.91. The minimum Gasteiger partial charge on any atom is -0.398 e. The van der Waals surface area contributed by atoms with Crippen LogP contribution >= 0.6 is 0 Å². The molecule has 0 radical (unpaired) electrons. The topological polar surface area (TPSA) is 77.3 Å². The zero-order valence-corrected chi connectivity index (χ0v) is 8.97. The summed E-state index contributed by atoms with van der Waals surface area (Å²) < 4.78 is 13.6. The van der Waals surface area contributed by atoms with E-state index in [4.69, 9.17) is 11.6 Å². The first-order valence-corrected chi connectivity index (χ1v) is 4.96. The Morgan fingerprint density at radius 3 is 2.59 bits per heavy atom. The highest BCUT2D eigenvalue weighted by Gasteiger charge is 2.13. The van der Waals surface area contributed by atoms with E-state index in [1.54, 1.807) is 30.5 Å². The predicted molar refractivity (Wildman–Crippen MR) is 64.9 cm³/mol. The van der Waals surface area contributed by atoms with Crippen molar-refractivity contribution in [2.45, 2.75) is 0 Å². The fourth-order valence-electron chi connectivity index (χ4n) is 1.54. The first kappa shape index (κ1) is 11.1. The summed E-state index contributed by atoms with van der Waals surface area (Å²) in [6.45, 7) is 0. The van der Waals surface area contributed by atoms with Crippen LogP contribution in [0.3, 0.4) is 0 Å². The third kappa shape index (κ3) is 2.08. The summed E-state index contributed by atoms with van der Waals surface area (Å²) in [6.07, 6.45) is 3.06. The van der Waals surface area contributed by atoms with Crippen LogP contribution in [-0.2, 0) is 0 Å². The Bertz CT molecular complexity index is 518. The maximum Gasteiger partial charge on any atom is 0.132 e. The number of hydrogen-bond donors (Lipinski definition) is 2. The van der Waals surface area contributed by atoms with Gasteiger partial charge in [-0.15, -0.1) is 0 Å². The zero-order valence-electron chi connectivity index (χ0n) is 8.97. The highest BCUT2D eigenvalue weighted by Crippen LogP contribution is 2.17. The third-order valence-electron chi connectivity index (χ3n) is 2.37. The van der Waals surface area contributed by atoms with Crippen LogP contribution in [-0.4, -0.2) is 10.7 Å². The second kappa shape index (κ2) is 4.61. The van der Waals surface area contributed by atoms with E-state index in [0.717, 1.165) is 0 Å². The Labute approximate surface area is 97.8 Å². The van der Waals surface area contributed by atoms with Crippen molar-refractivity contribution < 1.29 is 4.39 Å². The lowest BCUT2D eigenvalue weighted by atomic mass is 10.0. The van der Waals surface area contributed by atoms with Gasteiger partial charge in [0.1, 0.15) is 11.5 Å². The molecule has 0 bridgehead atoms. The molecular weight excluding hydrogens is 219 g/mol. The van der Waals surface area contributed by atoms with Crippen molar-refractivity contribution in [3.63, 3.8) is 0 Å². The molecule has 2 rings (SSSR count). The highest BCUT2D eigenvalue weighted by molar-refractivity contribution is 6.15. The molecule has 0 unspecified atom stereocenters. The predicted octanol–water partition coefficient (Wildman–Crippen LogP) is 1.51. The monoisotopic (exact) mass is 230 g/mol. The summed E-state index contributed by atoms with van der Waals surface area (Å²) in [5, 5.41) is 3.61. The molecule has 1 aromatic carbocycles. The quantitative estimate of drug-likeness (QED) is 0.466. The molecule has 5 heteroatoms. The molecule has 1 aromatic heterocycles. The molecule has 17 heavy (non-hydrogen) atoms. The van der Waals surface area contributed by atoms with E-state index >= 15 is 0 Å². The summed E-state index contributed by atoms with van der Waals surface area (Å²) in [6, 6.07) is 7.84.